The van der Waals surface area contributed by atoms with Crippen LogP contribution in [0.2, 0.25) is 0 Å². The molecule has 1 saturated carbocycles. The summed E-state index contributed by atoms with van der Waals surface area (Å²) >= 11 is 0. The van der Waals surface area contributed by atoms with Gasteiger partial charge in [-0.1, -0.05) is 6.07 Å². The van der Waals surface area contributed by atoms with E-state index < -0.39 is 11.5 Å². The molecule has 1 heterocycles. The molecule has 0 atom stereocenters. The summed E-state index contributed by atoms with van der Waals surface area (Å²) in [6, 6.07) is 4.76. The Morgan fingerprint density at radius 3 is 2.63 bits per heavy atom. The molecule has 1 aliphatic rings. The molecule has 1 amide bonds. The predicted molar refractivity (Wildman–Crippen MR) is 67.7 cm³/mol. The first-order valence-corrected chi connectivity index (χ1v) is 6.23. The Balaban J connectivity index is 1.90. The Labute approximate surface area is 110 Å². The summed E-state index contributed by atoms with van der Waals surface area (Å²) in [5.74, 6) is -1.32. The quantitative estimate of drug-likeness (QED) is 0.803. The van der Waals surface area contributed by atoms with Gasteiger partial charge in [-0.05, 0) is 25.3 Å². The van der Waals surface area contributed by atoms with Crippen molar-refractivity contribution in [3.05, 3.63) is 34.7 Å². The molecule has 6 nitrogen and oxygen atoms in total. The third kappa shape index (κ3) is 2.83. The van der Waals surface area contributed by atoms with E-state index in [9.17, 15) is 14.4 Å². The molecule has 102 valence electrons. The fourth-order valence-corrected chi connectivity index (χ4v) is 2.12. The number of carboxylic acids is 1. The van der Waals surface area contributed by atoms with E-state index in [1.165, 1.54) is 10.6 Å². The van der Waals surface area contributed by atoms with Crippen molar-refractivity contribution in [1.82, 2.24) is 9.88 Å². The highest BCUT2D eigenvalue weighted by atomic mass is 16.4. The molecule has 1 aliphatic carbocycles. The number of rotatable bonds is 5. The summed E-state index contributed by atoms with van der Waals surface area (Å²) in [6.45, 7) is 0.251. The first kappa shape index (κ1) is 13.3. The number of amides is 1. The van der Waals surface area contributed by atoms with Crippen LogP contribution in [0, 0.1) is 0 Å². The van der Waals surface area contributed by atoms with Crippen LogP contribution in [0.25, 0.3) is 0 Å². The van der Waals surface area contributed by atoms with E-state index in [0.29, 0.717) is 12.8 Å². The molecule has 0 unspecified atom stereocenters. The van der Waals surface area contributed by atoms with Crippen molar-refractivity contribution in [1.29, 1.82) is 0 Å². The first-order valence-electron chi connectivity index (χ1n) is 6.23. The number of hydrogen-bond acceptors (Lipinski definition) is 3. The lowest BCUT2D eigenvalue weighted by Gasteiger charge is -2.38. The Hall–Kier alpha value is -2.11. The molecule has 1 aromatic heterocycles. The number of aliphatic carboxylic acids is 1. The van der Waals surface area contributed by atoms with E-state index in [-0.39, 0.29) is 24.4 Å². The van der Waals surface area contributed by atoms with E-state index in [1.807, 2.05) is 0 Å². The van der Waals surface area contributed by atoms with Crippen molar-refractivity contribution in [2.45, 2.75) is 37.8 Å². The Bertz CT molecular complexity index is 546. The van der Waals surface area contributed by atoms with E-state index in [0.717, 1.165) is 6.42 Å². The normalized spacial score (nSPS) is 16.4. The number of carbonyl (C=O) groups excluding carboxylic acids is 1. The zero-order valence-corrected chi connectivity index (χ0v) is 10.5. The van der Waals surface area contributed by atoms with Gasteiger partial charge in [0.05, 0.1) is 0 Å². The Kier molecular flexibility index (Phi) is 3.69. The van der Waals surface area contributed by atoms with Crippen LogP contribution in [0.4, 0.5) is 0 Å². The maximum Gasteiger partial charge on any atom is 0.329 e. The molecular formula is C13H16N2O4. The highest BCUT2D eigenvalue weighted by Gasteiger charge is 2.45. The van der Waals surface area contributed by atoms with Crippen molar-refractivity contribution in [3.8, 4) is 0 Å². The molecule has 0 radical (unpaired) electrons. The smallest absolute Gasteiger partial charge is 0.329 e. The fraction of sp³-hybridized carbons (Fsp3) is 0.462. The highest BCUT2D eigenvalue weighted by Crippen LogP contribution is 2.32. The third-order valence-electron chi connectivity index (χ3n) is 3.47. The topological polar surface area (TPSA) is 88.4 Å². The largest absolute Gasteiger partial charge is 0.480 e. The van der Waals surface area contributed by atoms with Crippen LogP contribution in [0.15, 0.2) is 29.2 Å². The number of carbonyl (C=O) groups is 2. The molecule has 0 saturated heterocycles. The van der Waals surface area contributed by atoms with Crippen LogP contribution in [-0.4, -0.2) is 27.1 Å². The van der Waals surface area contributed by atoms with Gasteiger partial charge in [-0.15, -0.1) is 0 Å². The van der Waals surface area contributed by atoms with Gasteiger partial charge in [0, 0.05) is 25.2 Å². The fourth-order valence-electron chi connectivity index (χ4n) is 2.12. The average molecular weight is 264 g/mol. The zero-order valence-electron chi connectivity index (χ0n) is 10.5. The van der Waals surface area contributed by atoms with Gasteiger partial charge in [-0.3, -0.25) is 9.59 Å². The molecule has 2 N–H and O–H groups in total. The molecular weight excluding hydrogens is 248 g/mol. The van der Waals surface area contributed by atoms with Gasteiger partial charge < -0.3 is 15.0 Å². The molecule has 19 heavy (non-hydrogen) atoms. The van der Waals surface area contributed by atoms with Crippen LogP contribution < -0.4 is 10.9 Å². The van der Waals surface area contributed by atoms with Crippen LogP contribution in [0.3, 0.4) is 0 Å². The van der Waals surface area contributed by atoms with E-state index in [2.05, 4.69) is 5.32 Å². The summed E-state index contributed by atoms with van der Waals surface area (Å²) in [4.78, 5) is 34.3. The molecule has 6 heteroatoms. The van der Waals surface area contributed by atoms with Gasteiger partial charge in [-0.25, -0.2) is 4.79 Å². The van der Waals surface area contributed by atoms with Crippen molar-refractivity contribution in [3.63, 3.8) is 0 Å². The second-order valence-electron chi connectivity index (χ2n) is 4.77. The van der Waals surface area contributed by atoms with Crippen LogP contribution >= 0.6 is 0 Å². The Morgan fingerprint density at radius 1 is 1.37 bits per heavy atom. The molecule has 1 fully saturated rings. The molecule has 2 rings (SSSR count). The lowest BCUT2D eigenvalue weighted by Crippen LogP contribution is -2.59. The first-order chi connectivity index (χ1) is 9.03. The van der Waals surface area contributed by atoms with E-state index in [1.54, 1.807) is 18.3 Å². The molecule has 0 aromatic carbocycles. The lowest BCUT2D eigenvalue weighted by atomic mass is 9.76. The van der Waals surface area contributed by atoms with E-state index >= 15 is 0 Å². The van der Waals surface area contributed by atoms with Gasteiger partial charge in [0.2, 0.25) is 5.91 Å². The number of aromatic nitrogens is 1. The van der Waals surface area contributed by atoms with Crippen molar-refractivity contribution < 1.29 is 14.7 Å². The summed E-state index contributed by atoms with van der Waals surface area (Å²) < 4.78 is 1.42. The van der Waals surface area contributed by atoms with Gasteiger partial charge >= 0.3 is 5.97 Å². The second-order valence-corrected chi connectivity index (χ2v) is 4.77. The number of nitrogens with one attached hydrogen (secondary N) is 1. The molecule has 0 bridgehead atoms. The summed E-state index contributed by atoms with van der Waals surface area (Å²) in [5.41, 5.74) is -1.26. The lowest BCUT2D eigenvalue weighted by molar-refractivity contribution is -0.151. The minimum absolute atomic E-state index is 0.0962. The van der Waals surface area contributed by atoms with Crippen molar-refractivity contribution >= 4 is 11.9 Å². The van der Waals surface area contributed by atoms with Gasteiger partial charge in [0.15, 0.2) is 0 Å². The third-order valence-corrected chi connectivity index (χ3v) is 3.47. The zero-order chi connectivity index (χ0) is 13.9. The second kappa shape index (κ2) is 5.26. The predicted octanol–water partition coefficient (Wildman–Crippen LogP) is 0.362. The molecule has 0 spiro atoms. The van der Waals surface area contributed by atoms with Gasteiger partial charge in [-0.2, -0.15) is 0 Å². The summed E-state index contributed by atoms with van der Waals surface area (Å²) in [5, 5.41) is 11.7. The number of aryl methyl sites for hydroxylation is 1. The van der Waals surface area contributed by atoms with Crippen LogP contribution in [-0.2, 0) is 16.1 Å². The van der Waals surface area contributed by atoms with Crippen LogP contribution in [0.1, 0.15) is 25.7 Å². The Morgan fingerprint density at radius 2 is 2.11 bits per heavy atom. The number of hydrogen-bond donors (Lipinski definition) is 2. The summed E-state index contributed by atoms with van der Waals surface area (Å²) in [7, 11) is 0. The average Bonchev–Trinajstić information content (AvgIpc) is 2.32. The minimum Gasteiger partial charge on any atom is -0.480 e. The van der Waals surface area contributed by atoms with Gasteiger partial charge in [0.25, 0.3) is 5.56 Å². The molecule has 1 aromatic rings. The van der Waals surface area contributed by atoms with Crippen molar-refractivity contribution in [2.75, 3.05) is 0 Å². The van der Waals surface area contributed by atoms with E-state index in [4.69, 9.17) is 5.11 Å². The summed E-state index contributed by atoms with van der Waals surface area (Å²) in [6.07, 6.45) is 3.45. The number of pyridine rings is 1. The molecule has 0 aliphatic heterocycles. The number of nitrogens with zero attached hydrogens (tertiary/aromatic N) is 1. The van der Waals surface area contributed by atoms with Crippen LogP contribution in [0.5, 0.6) is 0 Å². The maximum absolute atomic E-state index is 11.8. The van der Waals surface area contributed by atoms with Gasteiger partial charge in [0.1, 0.15) is 5.54 Å². The van der Waals surface area contributed by atoms with Crippen molar-refractivity contribution in [2.24, 2.45) is 0 Å². The minimum atomic E-state index is -1.08. The number of carboxylic acid groups (broad SMARTS) is 1. The highest BCUT2D eigenvalue weighted by molar-refractivity contribution is 5.87. The SMILES string of the molecule is O=C(CCn1ccccc1=O)NC1(C(=O)O)CCC1. The maximum atomic E-state index is 11.8. The monoisotopic (exact) mass is 264 g/mol. The standard InChI is InChI=1S/C13H16N2O4/c16-10(14-13(12(18)19)6-3-7-13)5-9-15-8-2-1-4-11(15)17/h1-2,4,8H,3,5-7,9H2,(H,14,16)(H,18,19).